The minimum Gasteiger partial charge on any atom is -0.395 e. The quantitative estimate of drug-likeness (QED) is 0.110. The molecule has 1 aliphatic heterocycles. The van der Waals surface area contributed by atoms with Crippen molar-refractivity contribution in [3.05, 3.63) is 33.1 Å². The van der Waals surface area contributed by atoms with Crippen LogP contribution >= 0.6 is 31.3 Å². The van der Waals surface area contributed by atoms with E-state index in [-0.39, 0.29) is 48.2 Å². The van der Waals surface area contributed by atoms with Gasteiger partial charge in [0.1, 0.15) is 11.7 Å². The highest BCUT2D eigenvalue weighted by Crippen LogP contribution is 2.51. The summed E-state index contributed by atoms with van der Waals surface area (Å²) in [5, 5.41) is 28.7. The molecule has 0 radical (unpaired) electrons. The average Bonchev–Trinajstić information content (AvgIpc) is 3.21. The lowest BCUT2D eigenvalue weighted by atomic mass is 9.97. The molecule has 2 heterocycles. The molecule has 246 valence electrons. The fourth-order valence-electron chi connectivity index (χ4n) is 3.39. The van der Waals surface area contributed by atoms with Gasteiger partial charge < -0.3 is 25.8 Å². The van der Waals surface area contributed by atoms with Crippen LogP contribution in [-0.4, -0.2) is 104 Å². The lowest BCUT2D eigenvalue weighted by molar-refractivity contribution is -0.122. The van der Waals surface area contributed by atoms with Crippen molar-refractivity contribution in [1.29, 1.82) is 0 Å². The van der Waals surface area contributed by atoms with Gasteiger partial charge in [-0.1, -0.05) is 23.5 Å². The van der Waals surface area contributed by atoms with E-state index in [0.29, 0.717) is 4.57 Å². The highest BCUT2D eigenvalue weighted by molar-refractivity contribution is 8.14. The maximum Gasteiger partial charge on any atom is 0.474 e. The van der Waals surface area contributed by atoms with Crippen LogP contribution in [0.3, 0.4) is 0 Å². The second-order valence-electron chi connectivity index (χ2n) is 10.9. The number of halogens is 1. The van der Waals surface area contributed by atoms with E-state index in [1.807, 2.05) is 4.98 Å². The number of phosphoric acid groups is 1. The van der Waals surface area contributed by atoms with Crippen LogP contribution in [0.5, 0.6) is 0 Å². The molecule has 19 heteroatoms. The highest BCUT2D eigenvalue weighted by Gasteiger charge is 2.56. The Morgan fingerprint density at radius 3 is 2.05 bits per heavy atom. The third kappa shape index (κ3) is 9.77. The van der Waals surface area contributed by atoms with Crippen LogP contribution in [0.2, 0.25) is 0 Å². The zero-order valence-corrected chi connectivity index (χ0v) is 26.8. The summed E-state index contributed by atoms with van der Waals surface area (Å²) in [5.74, 6) is -0.0242. The molecule has 1 fully saturated rings. The first-order valence-corrected chi connectivity index (χ1v) is 16.5. The minimum absolute atomic E-state index is 0.0121. The van der Waals surface area contributed by atoms with Gasteiger partial charge in [0, 0.05) is 30.3 Å². The maximum atomic E-state index is 15.2. The number of aliphatic hydroxyl groups excluding tert-OH is 3. The monoisotopic (exact) mass is 675 g/mol. The molecule has 15 nitrogen and oxygen atoms in total. The Labute approximate surface area is 255 Å². The number of rotatable bonds is 17. The van der Waals surface area contributed by atoms with E-state index in [0.717, 1.165) is 35.8 Å². The number of hydrogen-bond donors (Lipinski definition) is 5. The number of H-pyrrole nitrogens is 1. The second-order valence-corrected chi connectivity index (χ2v) is 14.7. The number of nitrogens with zero attached hydrogens (tertiary/aromatic N) is 1. The minimum atomic E-state index is -4.53. The van der Waals surface area contributed by atoms with E-state index >= 15 is 4.39 Å². The molecule has 1 saturated heterocycles. The lowest BCUT2D eigenvalue weighted by Gasteiger charge is -2.31. The number of aliphatic hydroxyl groups is 3. The molecule has 6 N–H and O–H groups in total. The van der Waals surface area contributed by atoms with Gasteiger partial charge in [0.2, 0.25) is 0 Å². The SMILES string of the molecule is CC(C)(CO)C(=O)SCCOP(=O)(OCCSC(=O)C(C)(C)CO)OC[C@@]1(CN)O[C@@H](n2ccc(=O)[nH]c2=O)[C@H](F)[C@@H]1O. The largest absolute Gasteiger partial charge is 0.474 e. The first-order chi connectivity index (χ1) is 20.0. The van der Waals surface area contributed by atoms with E-state index in [1.54, 1.807) is 27.7 Å². The second kappa shape index (κ2) is 15.7. The molecule has 1 aromatic heterocycles. The number of phosphoric ester groups is 1. The van der Waals surface area contributed by atoms with Crippen molar-refractivity contribution in [3.63, 3.8) is 0 Å². The fraction of sp³-hybridized carbons (Fsp3) is 0.750. The molecule has 2 rings (SSSR count). The number of nitrogens with two attached hydrogens (primary N) is 1. The van der Waals surface area contributed by atoms with E-state index in [4.69, 9.17) is 24.0 Å². The summed E-state index contributed by atoms with van der Waals surface area (Å²) in [4.78, 5) is 50.1. The van der Waals surface area contributed by atoms with Crippen LogP contribution in [0.25, 0.3) is 0 Å². The van der Waals surface area contributed by atoms with E-state index in [9.17, 15) is 39.1 Å². The molecular formula is C24H39FN3O12PS2. The molecule has 0 bridgehead atoms. The molecule has 0 spiro atoms. The van der Waals surface area contributed by atoms with E-state index < -0.39 is 67.2 Å². The van der Waals surface area contributed by atoms with Gasteiger partial charge in [0.15, 0.2) is 22.6 Å². The highest BCUT2D eigenvalue weighted by atomic mass is 32.2. The molecular weight excluding hydrogens is 636 g/mol. The van der Waals surface area contributed by atoms with Gasteiger partial charge in [0.25, 0.3) is 5.56 Å². The Morgan fingerprint density at radius 1 is 1.09 bits per heavy atom. The molecule has 4 atom stereocenters. The molecule has 0 amide bonds. The van der Waals surface area contributed by atoms with Gasteiger partial charge in [-0.05, 0) is 27.7 Å². The van der Waals surface area contributed by atoms with Crippen molar-refractivity contribution in [1.82, 2.24) is 9.55 Å². The van der Waals surface area contributed by atoms with Crippen molar-refractivity contribution in [2.75, 3.05) is 51.1 Å². The number of ether oxygens (including phenoxy) is 1. The first-order valence-electron chi connectivity index (χ1n) is 13.1. The summed E-state index contributed by atoms with van der Waals surface area (Å²) in [6.45, 7) is 3.34. The third-order valence-corrected chi connectivity index (χ3v) is 10.2. The zero-order valence-electron chi connectivity index (χ0n) is 24.2. The molecule has 43 heavy (non-hydrogen) atoms. The number of nitrogens with one attached hydrogen (secondary N) is 1. The fourth-order valence-corrected chi connectivity index (χ4v) is 6.48. The summed E-state index contributed by atoms with van der Waals surface area (Å²) in [6, 6.07) is 0.952. The van der Waals surface area contributed by atoms with Crippen LogP contribution in [0.4, 0.5) is 4.39 Å². The molecule has 0 aliphatic carbocycles. The predicted molar refractivity (Wildman–Crippen MR) is 156 cm³/mol. The van der Waals surface area contributed by atoms with Gasteiger partial charge in [0.05, 0.1) is 43.9 Å². The zero-order chi connectivity index (χ0) is 32.6. The molecule has 0 saturated carbocycles. The van der Waals surface area contributed by atoms with Crippen LogP contribution in [0.15, 0.2) is 21.9 Å². The first kappa shape index (κ1) is 37.7. The Morgan fingerprint density at radius 2 is 1.60 bits per heavy atom. The predicted octanol–water partition coefficient (Wildman–Crippen LogP) is 0.176. The Kier molecular flexibility index (Phi) is 13.8. The standard InChI is InChI=1S/C24H39FN3O12PS2/c1-22(2,12-29)19(33)42-9-7-37-41(36,38-8-10-43-20(34)23(3,4)13-30)39-14-24(11-26)17(32)16(25)18(40-24)28-6-5-15(31)27-21(28)35/h5-6,16-18,29-30,32H,7-14,26H2,1-4H3,(H,27,31,35)/t16-,17+,18-,24-/m1/s1. The number of carbonyl (C=O) groups excluding carboxylic acids is 2. The van der Waals surface area contributed by atoms with Gasteiger partial charge in [-0.3, -0.25) is 37.5 Å². The third-order valence-electron chi connectivity index (χ3n) is 6.43. The van der Waals surface area contributed by atoms with Crippen LogP contribution in [0.1, 0.15) is 33.9 Å². The van der Waals surface area contributed by atoms with Gasteiger partial charge in [-0.15, -0.1) is 0 Å². The lowest BCUT2D eigenvalue weighted by Crippen LogP contribution is -2.51. The summed E-state index contributed by atoms with van der Waals surface area (Å²) in [5.41, 5.74) is -0.0267. The van der Waals surface area contributed by atoms with Crippen molar-refractivity contribution >= 4 is 41.6 Å². The maximum absolute atomic E-state index is 15.2. The van der Waals surface area contributed by atoms with Gasteiger partial charge >= 0.3 is 13.5 Å². The summed E-state index contributed by atoms with van der Waals surface area (Å²) in [7, 11) is -4.53. The van der Waals surface area contributed by atoms with E-state index in [2.05, 4.69) is 0 Å². The smallest absolute Gasteiger partial charge is 0.395 e. The number of aromatic nitrogens is 2. The van der Waals surface area contributed by atoms with E-state index in [1.165, 1.54) is 0 Å². The normalized spacial score (nSPS) is 23.0. The van der Waals surface area contributed by atoms with Crippen LogP contribution in [-0.2, 0) is 32.5 Å². The number of alkyl halides is 1. The summed E-state index contributed by atoms with van der Waals surface area (Å²) >= 11 is 1.63. The van der Waals surface area contributed by atoms with Crippen LogP contribution < -0.4 is 17.0 Å². The summed E-state index contributed by atoms with van der Waals surface area (Å²) < 4.78 is 51.2. The average molecular weight is 676 g/mol. The Bertz CT molecular complexity index is 1240. The van der Waals surface area contributed by atoms with Gasteiger partial charge in [-0.25, -0.2) is 13.8 Å². The molecule has 1 aliphatic rings. The number of thioether (sulfide) groups is 2. The topological polar surface area (TPSA) is 230 Å². The van der Waals surface area contributed by atoms with Crippen LogP contribution in [0, 0.1) is 10.8 Å². The molecule has 0 unspecified atom stereocenters. The van der Waals surface area contributed by atoms with Crippen molar-refractivity contribution in [3.8, 4) is 0 Å². The summed E-state index contributed by atoms with van der Waals surface area (Å²) in [6.07, 6.45) is -4.93. The van der Waals surface area contributed by atoms with Crippen molar-refractivity contribution < 1.29 is 52.2 Å². The Balaban J connectivity index is 2.16. The number of aromatic amines is 1. The molecule has 0 aromatic carbocycles. The molecule has 1 aromatic rings. The Hall–Kier alpha value is -1.44. The van der Waals surface area contributed by atoms with Gasteiger partial charge in [-0.2, -0.15) is 0 Å². The van der Waals surface area contributed by atoms with Crippen molar-refractivity contribution in [2.24, 2.45) is 16.6 Å². The number of carbonyl (C=O) groups is 2. The number of hydrogen-bond acceptors (Lipinski definition) is 15. The van der Waals surface area contributed by atoms with Crippen molar-refractivity contribution in [2.45, 2.75) is 51.8 Å².